The quantitative estimate of drug-likeness (QED) is 0.766. The van der Waals surface area contributed by atoms with Gasteiger partial charge in [0.15, 0.2) is 0 Å². The van der Waals surface area contributed by atoms with Crippen LogP contribution in [-0.4, -0.2) is 21.8 Å². The Kier molecular flexibility index (Phi) is 3.41. The third-order valence-electron chi connectivity index (χ3n) is 2.04. The third kappa shape index (κ3) is 2.84. The molecule has 3 heteroatoms. The number of hydrogen-bond acceptors (Lipinski definition) is 2. The van der Waals surface area contributed by atoms with Gasteiger partial charge in [-0.05, 0) is 0 Å². The molecule has 0 aliphatic heterocycles. The zero-order valence-corrected chi connectivity index (χ0v) is 10.7. The Morgan fingerprint density at radius 1 is 1.07 bits per heavy atom. The maximum atomic E-state index is 5.68. The molecule has 76 valence electrons. The molecular weight excluding hydrogens is 249 g/mol. The van der Waals surface area contributed by atoms with E-state index in [1.165, 1.54) is 22.4 Å². The first-order valence-corrected chi connectivity index (χ1v) is 5.94. The van der Waals surface area contributed by atoms with E-state index in [0.29, 0.717) is 6.61 Å². The summed E-state index contributed by atoms with van der Waals surface area (Å²) in [5.41, 5.74) is 1.17. The first-order valence-electron chi connectivity index (χ1n) is 4.73. The van der Waals surface area contributed by atoms with Crippen molar-refractivity contribution in [3.8, 4) is 5.75 Å². The second-order valence-electron chi connectivity index (χ2n) is 3.16. The van der Waals surface area contributed by atoms with E-state index in [-0.39, 0.29) is 0 Å². The summed E-state index contributed by atoms with van der Waals surface area (Å²) in [6.07, 6.45) is 1.78. The van der Waals surface area contributed by atoms with Crippen molar-refractivity contribution in [3.05, 3.63) is 54.2 Å². The Bertz CT molecular complexity index is 431. The van der Waals surface area contributed by atoms with Crippen LogP contribution in [0.5, 0.6) is 5.75 Å². The molecule has 0 fully saturated rings. The molecule has 0 aliphatic carbocycles. The molecule has 1 heterocycles. The fourth-order valence-electron chi connectivity index (χ4n) is 1.26. The minimum atomic E-state index is 0.601. The van der Waals surface area contributed by atoms with Crippen LogP contribution in [0.15, 0.2) is 48.7 Å². The average Bonchev–Trinajstić information content (AvgIpc) is 2.29. The number of benzene rings is 1. The molecule has 1 atom stereocenters. The summed E-state index contributed by atoms with van der Waals surface area (Å²) in [6.45, 7) is 0.601. The van der Waals surface area contributed by atoms with Crippen LogP contribution in [0.3, 0.4) is 0 Å². The Labute approximate surface area is 97.8 Å². The van der Waals surface area contributed by atoms with Crippen LogP contribution in [0.25, 0.3) is 0 Å². The SMILES string of the molecule is [AsH2]c1ncccc1OCc1ccccc1. The molecule has 0 saturated carbocycles. The van der Waals surface area contributed by atoms with Crippen molar-refractivity contribution in [1.29, 1.82) is 0 Å². The van der Waals surface area contributed by atoms with Gasteiger partial charge in [0.05, 0.1) is 0 Å². The fraction of sp³-hybridized carbons (Fsp3) is 0.0833. The van der Waals surface area contributed by atoms with Gasteiger partial charge in [-0.1, -0.05) is 0 Å². The first-order chi connectivity index (χ1) is 7.36. The minimum absolute atomic E-state index is 0.601. The van der Waals surface area contributed by atoms with Crippen molar-refractivity contribution in [3.63, 3.8) is 0 Å². The Morgan fingerprint density at radius 3 is 2.60 bits per heavy atom. The van der Waals surface area contributed by atoms with E-state index < -0.39 is 0 Å². The van der Waals surface area contributed by atoms with Gasteiger partial charge in [-0.25, -0.2) is 0 Å². The summed E-state index contributed by atoms with van der Waals surface area (Å²) in [7, 11) is 0. The molecule has 0 radical (unpaired) electrons. The van der Waals surface area contributed by atoms with Crippen molar-refractivity contribution >= 4 is 21.3 Å². The Morgan fingerprint density at radius 2 is 1.87 bits per heavy atom. The van der Waals surface area contributed by atoms with Crippen LogP contribution in [0.4, 0.5) is 0 Å². The van der Waals surface area contributed by atoms with Crippen LogP contribution in [0.2, 0.25) is 0 Å². The summed E-state index contributed by atoms with van der Waals surface area (Å²) in [5.74, 6) is 0.876. The Hall–Kier alpha value is -1.27. The van der Waals surface area contributed by atoms with Gasteiger partial charge in [0.25, 0.3) is 0 Å². The predicted octanol–water partition coefficient (Wildman–Crippen LogP) is 0.919. The van der Waals surface area contributed by atoms with Crippen molar-refractivity contribution in [2.45, 2.75) is 6.61 Å². The number of aromatic nitrogens is 1. The molecule has 0 N–H and O–H groups in total. The van der Waals surface area contributed by atoms with E-state index in [0.717, 1.165) is 10.2 Å². The molecule has 0 saturated heterocycles. The van der Waals surface area contributed by atoms with Crippen molar-refractivity contribution in [1.82, 2.24) is 4.98 Å². The van der Waals surface area contributed by atoms with E-state index in [9.17, 15) is 0 Å². The monoisotopic (exact) mass is 261 g/mol. The van der Waals surface area contributed by atoms with E-state index in [1.807, 2.05) is 30.3 Å². The van der Waals surface area contributed by atoms with Crippen molar-refractivity contribution in [2.24, 2.45) is 0 Å². The molecule has 2 rings (SSSR count). The molecule has 15 heavy (non-hydrogen) atoms. The molecule has 2 nitrogen and oxygen atoms in total. The molecule has 1 aromatic heterocycles. The van der Waals surface area contributed by atoms with Crippen molar-refractivity contribution < 1.29 is 4.74 Å². The number of nitrogens with zero attached hydrogens (tertiary/aromatic N) is 1. The maximum absolute atomic E-state index is 5.68. The molecule has 0 amide bonds. The van der Waals surface area contributed by atoms with E-state index in [1.54, 1.807) is 6.20 Å². The van der Waals surface area contributed by atoms with Crippen LogP contribution >= 0.6 is 0 Å². The van der Waals surface area contributed by atoms with Gasteiger partial charge in [-0.3, -0.25) is 0 Å². The van der Waals surface area contributed by atoms with Gasteiger partial charge >= 0.3 is 97.6 Å². The number of ether oxygens (including phenoxy) is 1. The summed E-state index contributed by atoms with van der Waals surface area (Å²) >= 11 is 1.48. The number of hydrogen-bond donors (Lipinski definition) is 0. The standard InChI is InChI=1S/C12H12AsNO/c13-12-11(7-4-8-14-12)15-9-10-5-2-1-3-6-10/h1-8H,9,13H2. The van der Waals surface area contributed by atoms with Crippen LogP contribution in [0, 0.1) is 0 Å². The summed E-state index contributed by atoms with van der Waals surface area (Å²) < 4.78 is 6.66. The first kappa shape index (κ1) is 10.3. The second kappa shape index (κ2) is 4.99. The molecule has 0 aliphatic rings. The molecule has 1 unspecified atom stereocenters. The number of pyridine rings is 1. The van der Waals surface area contributed by atoms with Gasteiger partial charge in [0.2, 0.25) is 0 Å². The van der Waals surface area contributed by atoms with Gasteiger partial charge in [-0.2, -0.15) is 0 Å². The predicted molar refractivity (Wildman–Crippen MR) is 63.2 cm³/mol. The van der Waals surface area contributed by atoms with Crippen LogP contribution in [0.1, 0.15) is 5.56 Å². The number of rotatable bonds is 3. The summed E-state index contributed by atoms with van der Waals surface area (Å²) in [4.78, 5) is 4.19. The molecular formula is C12H12AsNO. The summed E-state index contributed by atoms with van der Waals surface area (Å²) in [6, 6.07) is 14.0. The average molecular weight is 261 g/mol. The van der Waals surface area contributed by atoms with E-state index in [2.05, 4.69) is 17.1 Å². The van der Waals surface area contributed by atoms with Crippen molar-refractivity contribution in [2.75, 3.05) is 0 Å². The topological polar surface area (TPSA) is 22.1 Å². The van der Waals surface area contributed by atoms with Gasteiger partial charge in [-0.15, -0.1) is 0 Å². The van der Waals surface area contributed by atoms with Gasteiger partial charge < -0.3 is 0 Å². The molecule has 1 aromatic carbocycles. The normalized spacial score (nSPS) is 9.93. The molecule has 0 spiro atoms. The third-order valence-corrected chi connectivity index (χ3v) is 2.95. The van der Waals surface area contributed by atoms with Crippen LogP contribution in [-0.2, 0) is 6.61 Å². The van der Waals surface area contributed by atoms with E-state index >= 15 is 0 Å². The molecule has 2 aromatic rings. The summed E-state index contributed by atoms with van der Waals surface area (Å²) in [5, 5.41) is 0. The van der Waals surface area contributed by atoms with Crippen LogP contribution < -0.4 is 9.22 Å². The zero-order valence-electron chi connectivity index (χ0n) is 8.26. The Balaban J connectivity index is 2.03. The molecule has 0 bridgehead atoms. The van der Waals surface area contributed by atoms with Gasteiger partial charge in [0.1, 0.15) is 0 Å². The fourth-order valence-corrected chi connectivity index (χ4v) is 1.82. The zero-order chi connectivity index (χ0) is 10.5. The van der Waals surface area contributed by atoms with E-state index in [4.69, 9.17) is 4.74 Å². The second-order valence-corrected chi connectivity index (χ2v) is 4.31. The van der Waals surface area contributed by atoms with Gasteiger partial charge in [0, 0.05) is 0 Å².